The molecular formula is C14H20N6. The molecule has 6 nitrogen and oxygen atoms in total. The van der Waals surface area contributed by atoms with Gasteiger partial charge >= 0.3 is 0 Å². The van der Waals surface area contributed by atoms with Gasteiger partial charge in [0.2, 0.25) is 0 Å². The lowest BCUT2D eigenvalue weighted by Crippen LogP contribution is -2.17. The van der Waals surface area contributed by atoms with Gasteiger partial charge in [-0.2, -0.15) is 5.10 Å². The summed E-state index contributed by atoms with van der Waals surface area (Å²) in [6.07, 6.45) is 7.19. The lowest BCUT2D eigenvalue weighted by Gasteiger charge is -2.18. The minimum atomic E-state index is 0.713. The average Bonchev–Trinajstić information content (AvgIpc) is 2.95. The quantitative estimate of drug-likeness (QED) is 0.656. The van der Waals surface area contributed by atoms with Crippen molar-refractivity contribution in [3.8, 4) is 11.5 Å². The highest BCUT2D eigenvalue weighted by Gasteiger charge is 2.19. The second-order valence-corrected chi connectivity index (χ2v) is 5.11. The topological polar surface area (TPSA) is 81.7 Å². The summed E-state index contributed by atoms with van der Waals surface area (Å²) in [4.78, 5) is 9.32. The minimum absolute atomic E-state index is 0.713. The Balaban J connectivity index is 2.07. The molecule has 0 amide bonds. The molecule has 0 bridgehead atoms. The zero-order valence-corrected chi connectivity index (χ0v) is 11.8. The largest absolute Gasteiger partial charge is 0.308 e. The van der Waals surface area contributed by atoms with Crippen LogP contribution in [-0.2, 0) is 19.4 Å². The van der Waals surface area contributed by atoms with Crippen LogP contribution < -0.4 is 11.3 Å². The maximum atomic E-state index is 5.63. The Kier molecular flexibility index (Phi) is 3.64. The number of anilines is 1. The van der Waals surface area contributed by atoms with Crippen molar-refractivity contribution >= 4 is 5.82 Å². The molecule has 0 saturated heterocycles. The van der Waals surface area contributed by atoms with Crippen molar-refractivity contribution in [2.45, 2.75) is 45.6 Å². The maximum Gasteiger partial charge on any atom is 0.180 e. The summed E-state index contributed by atoms with van der Waals surface area (Å²) in [6, 6.07) is 1.96. The number of hydrogen-bond donors (Lipinski definition) is 2. The molecule has 0 atom stereocenters. The smallest absolute Gasteiger partial charge is 0.180 e. The molecule has 20 heavy (non-hydrogen) atoms. The van der Waals surface area contributed by atoms with Crippen molar-refractivity contribution in [2.24, 2.45) is 5.84 Å². The van der Waals surface area contributed by atoms with Crippen LogP contribution in [0.4, 0.5) is 5.82 Å². The molecule has 3 N–H and O–H groups in total. The molecule has 2 heterocycles. The summed E-state index contributed by atoms with van der Waals surface area (Å²) in [5.74, 6) is 7.10. The highest BCUT2D eigenvalue weighted by Crippen LogP contribution is 2.27. The molecule has 0 aliphatic heterocycles. The number of rotatable bonds is 4. The van der Waals surface area contributed by atoms with Crippen LogP contribution in [-0.4, -0.2) is 19.7 Å². The number of hydrazine groups is 1. The fourth-order valence-electron chi connectivity index (χ4n) is 2.74. The molecular weight excluding hydrogens is 252 g/mol. The van der Waals surface area contributed by atoms with Gasteiger partial charge in [-0.15, -0.1) is 0 Å². The summed E-state index contributed by atoms with van der Waals surface area (Å²) < 4.78 is 1.95. The van der Waals surface area contributed by atoms with Crippen LogP contribution in [0.2, 0.25) is 0 Å². The molecule has 0 radical (unpaired) electrons. The van der Waals surface area contributed by atoms with E-state index in [2.05, 4.69) is 22.4 Å². The first-order valence-corrected chi connectivity index (χ1v) is 7.22. The first-order valence-electron chi connectivity index (χ1n) is 7.22. The van der Waals surface area contributed by atoms with Crippen molar-refractivity contribution in [2.75, 3.05) is 5.43 Å². The Morgan fingerprint density at radius 2 is 2.15 bits per heavy atom. The number of fused-ring (bicyclic) bond motifs is 1. The predicted octanol–water partition coefficient (Wildman–Crippen LogP) is 1.91. The molecule has 106 valence electrons. The van der Waals surface area contributed by atoms with Crippen molar-refractivity contribution < 1.29 is 0 Å². The fourth-order valence-corrected chi connectivity index (χ4v) is 2.74. The van der Waals surface area contributed by atoms with Crippen molar-refractivity contribution in [1.29, 1.82) is 0 Å². The number of hydrogen-bond acceptors (Lipinski definition) is 5. The Hall–Kier alpha value is -1.95. The van der Waals surface area contributed by atoms with Crippen LogP contribution >= 0.6 is 0 Å². The molecule has 0 spiro atoms. The fraction of sp³-hybridized carbons (Fsp3) is 0.500. The molecule has 3 rings (SSSR count). The van der Waals surface area contributed by atoms with E-state index in [9.17, 15) is 0 Å². The molecule has 6 heteroatoms. The average molecular weight is 272 g/mol. The third-order valence-electron chi connectivity index (χ3n) is 3.70. The third-order valence-corrected chi connectivity index (χ3v) is 3.70. The normalized spacial score (nSPS) is 14.1. The van der Waals surface area contributed by atoms with Crippen LogP contribution in [0, 0.1) is 0 Å². The second kappa shape index (κ2) is 5.58. The first-order chi connectivity index (χ1) is 9.83. The Labute approximate surface area is 118 Å². The minimum Gasteiger partial charge on any atom is -0.308 e. The Bertz CT molecular complexity index is 586. The summed E-state index contributed by atoms with van der Waals surface area (Å²) in [6.45, 7) is 3.00. The van der Waals surface area contributed by atoms with E-state index < -0.39 is 0 Å². The summed E-state index contributed by atoms with van der Waals surface area (Å²) >= 11 is 0. The van der Waals surface area contributed by atoms with E-state index in [1.807, 2.05) is 10.7 Å². The van der Waals surface area contributed by atoms with Crippen LogP contribution in [0.25, 0.3) is 11.5 Å². The van der Waals surface area contributed by atoms with Crippen LogP contribution in [0.3, 0.4) is 0 Å². The van der Waals surface area contributed by atoms with E-state index in [1.165, 1.54) is 18.4 Å². The number of aromatic nitrogens is 4. The van der Waals surface area contributed by atoms with E-state index in [1.54, 1.807) is 6.20 Å². The lowest BCUT2D eigenvalue weighted by molar-refractivity contribution is 0.605. The zero-order valence-electron chi connectivity index (χ0n) is 11.8. The van der Waals surface area contributed by atoms with Gasteiger partial charge in [0.05, 0.1) is 0 Å². The van der Waals surface area contributed by atoms with Crippen molar-refractivity contribution in [3.05, 3.63) is 23.5 Å². The molecule has 1 aliphatic carbocycles. The van der Waals surface area contributed by atoms with E-state index in [0.717, 1.165) is 43.0 Å². The van der Waals surface area contributed by atoms with Gasteiger partial charge in [0.15, 0.2) is 5.82 Å². The molecule has 0 fully saturated rings. The highest BCUT2D eigenvalue weighted by molar-refractivity contribution is 5.57. The third kappa shape index (κ3) is 2.27. The number of nitrogens with two attached hydrogens (primary N) is 1. The van der Waals surface area contributed by atoms with E-state index in [-0.39, 0.29) is 0 Å². The standard InChI is InChI=1S/C14H20N6/c1-2-9-20-12(7-8-16-20)14-17-11-6-4-3-5-10(11)13(18-14)19-15/h7-8H,2-6,9,15H2,1H3,(H,17,18,19). The monoisotopic (exact) mass is 272 g/mol. The van der Waals surface area contributed by atoms with Crippen LogP contribution in [0.1, 0.15) is 37.4 Å². The zero-order chi connectivity index (χ0) is 13.9. The summed E-state index contributed by atoms with van der Waals surface area (Å²) in [5.41, 5.74) is 5.98. The number of nitrogens with one attached hydrogen (secondary N) is 1. The number of nitrogens with zero attached hydrogens (tertiary/aromatic N) is 4. The Morgan fingerprint density at radius 1 is 1.30 bits per heavy atom. The molecule has 1 aliphatic rings. The van der Waals surface area contributed by atoms with Gasteiger partial charge in [0.25, 0.3) is 0 Å². The number of nitrogen functional groups attached to an aromatic ring is 1. The van der Waals surface area contributed by atoms with Crippen molar-refractivity contribution in [1.82, 2.24) is 19.7 Å². The maximum absolute atomic E-state index is 5.63. The lowest BCUT2D eigenvalue weighted by atomic mass is 9.96. The second-order valence-electron chi connectivity index (χ2n) is 5.11. The van der Waals surface area contributed by atoms with E-state index in [0.29, 0.717) is 5.82 Å². The summed E-state index contributed by atoms with van der Waals surface area (Å²) in [5, 5.41) is 4.33. The van der Waals surface area contributed by atoms with Crippen LogP contribution in [0.5, 0.6) is 0 Å². The molecule has 2 aromatic heterocycles. The van der Waals surface area contributed by atoms with Gasteiger partial charge in [-0.25, -0.2) is 15.8 Å². The number of aryl methyl sites for hydroxylation is 2. The van der Waals surface area contributed by atoms with E-state index >= 15 is 0 Å². The molecule has 0 aromatic carbocycles. The summed E-state index contributed by atoms with van der Waals surface area (Å²) in [7, 11) is 0. The predicted molar refractivity (Wildman–Crippen MR) is 78.0 cm³/mol. The van der Waals surface area contributed by atoms with Gasteiger partial charge in [-0.05, 0) is 38.2 Å². The first kappa shape index (κ1) is 13.1. The Morgan fingerprint density at radius 3 is 2.95 bits per heavy atom. The molecule has 2 aromatic rings. The SMILES string of the molecule is CCCn1nccc1-c1nc2c(c(NN)n1)CCCC2. The van der Waals surface area contributed by atoms with Crippen molar-refractivity contribution in [3.63, 3.8) is 0 Å². The molecule has 0 unspecified atom stereocenters. The van der Waals surface area contributed by atoms with Crippen LogP contribution in [0.15, 0.2) is 12.3 Å². The van der Waals surface area contributed by atoms with E-state index in [4.69, 9.17) is 10.8 Å². The van der Waals surface area contributed by atoms with Gasteiger partial charge in [0, 0.05) is 24.0 Å². The highest BCUT2D eigenvalue weighted by atomic mass is 15.3. The van der Waals surface area contributed by atoms with Gasteiger partial charge in [-0.1, -0.05) is 6.92 Å². The van der Waals surface area contributed by atoms with Gasteiger partial charge in [0.1, 0.15) is 11.5 Å². The van der Waals surface area contributed by atoms with Gasteiger partial charge < -0.3 is 5.43 Å². The molecule has 0 saturated carbocycles. The van der Waals surface area contributed by atoms with Gasteiger partial charge in [-0.3, -0.25) is 4.68 Å².